The maximum Gasteiger partial charge on any atom is 0.137 e. The second kappa shape index (κ2) is 3.26. The van der Waals surface area contributed by atoms with Crippen LogP contribution >= 0.6 is 15.9 Å². The minimum atomic E-state index is -0.159. The van der Waals surface area contributed by atoms with Crippen molar-refractivity contribution in [2.45, 2.75) is 19.8 Å². The van der Waals surface area contributed by atoms with Gasteiger partial charge in [0.1, 0.15) is 5.82 Å². The van der Waals surface area contributed by atoms with Crippen LogP contribution < -0.4 is 0 Å². The SMILES string of the molecule is CC1=CCCc2cc(F)c(Br)cc21. The molecular weight excluding hydrogens is 231 g/mol. The lowest BCUT2D eigenvalue weighted by Gasteiger charge is -2.15. The molecule has 0 nitrogen and oxygen atoms in total. The van der Waals surface area contributed by atoms with Gasteiger partial charge in [0.2, 0.25) is 0 Å². The lowest BCUT2D eigenvalue weighted by molar-refractivity contribution is 0.618. The zero-order valence-corrected chi connectivity index (χ0v) is 8.99. The second-order valence-electron chi connectivity index (χ2n) is 3.35. The van der Waals surface area contributed by atoms with Crippen molar-refractivity contribution >= 4 is 21.5 Å². The summed E-state index contributed by atoms with van der Waals surface area (Å²) in [6, 6.07) is 3.51. The van der Waals surface area contributed by atoms with Crippen molar-refractivity contribution in [1.82, 2.24) is 0 Å². The number of rotatable bonds is 0. The van der Waals surface area contributed by atoms with Gasteiger partial charge in [0.15, 0.2) is 0 Å². The van der Waals surface area contributed by atoms with Crippen LogP contribution in [0, 0.1) is 5.82 Å². The second-order valence-corrected chi connectivity index (χ2v) is 4.20. The summed E-state index contributed by atoms with van der Waals surface area (Å²) in [5.41, 5.74) is 3.56. The Labute approximate surface area is 85.6 Å². The Morgan fingerprint density at radius 2 is 2.15 bits per heavy atom. The van der Waals surface area contributed by atoms with Crippen LogP contribution in [-0.2, 0) is 6.42 Å². The van der Waals surface area contributed by atoms with Crippen molar-refractivity contribution in [2.24, 2.45) is 0 Å². The molecule has 1 aromatic rings. The van der Waals surface area contributed by atoms with Gasteiger partial charge in [-0.3, -0.25) is 0 Å². The third kappa shape index (κ3) is 1.55. The van der Waals surface area contributed by atoms with Gasteiger partial charge in [0.25, 0.3) is 0 Å². The van der Waals surface area contributed by atoms with Gasteiger partial charge in [0, 0.05) is 0 Å². The lowest BCUT2D eigenvalue weighted by Crippen LogP contribution is -1.99. The Balaban J connectivity index is 2.61. The molecule has 0 aromatic heterocycles. The molecule has 0 bridgehead atoms. The highest BCUT2D eigenvalue weighted by Crippen LogP contribution is 2.30. The number of aryl methyl sites for hydroxylation is 1. The maximum absolute atomic E-state index is 13.2. The number of hydrogen-bond acceptors (Lipinski definition) is 0. The Kier molecular flexibility index (Phi) is 2.24. The van der Waals surface area contributed by atoms with E-state index in [1.165, 1.54) is 11.1 Å². The van der Waals surface area contributed by atoms with E-state index in [-0.39, 0.29) is 5.82 Å². The summed E-state index contributed by atoms with van der Waals surface area (Å²) < 4.78 is 13.7. The van der Waals surface area contributed by atoms with E-state index in [9.17, 15) is 4.39 Å². The number of fused-ring (bicyclic) bond motifs is 1. The molecule has 0 atom stereocenters. The molecule has 1 aliphatic rings. The Morgan fingerprint density at radius 3 is 2.92 bits per heavy atom. The van der Waals surface area contributed by atoms with E-state index >= 15 is 0 Å². The van der Waals surface area contributed by atoms with Crippen LogP contribution in [0.2, 0.25) is 0 Å². The van der Waals surface area contributed by atoms with Crippen LogP contribution in [-0.4, -0.2) is 0 Å². The van der Waals surface area contributed by atoms with Gasteiger partial charge in [-0.1, -0.05) is 6.08 Å². The summed E-state index contributed by atoms with van der Waals surface area (Å²) in [5, 5.41) is 0. The van der Waals surface area contributed by atoms with Gasteiger partial charge < -0.3 is 0 Å². The van der Waals surface area contributed by atoms with E-state index in [0.29, 0.717) is 4.47 Å². The molecule has 0 saturated heterocycles. The smallest absolute Gasteiger partial charge is 0.137 e. The molecule has 0 radical (unpaired) electrons. The summed E-state index contributed by atoms with van der Waals surface area (Å²) in [6.07, 6.45) is 4.18. The van der Waals surface area contributed by atoms with Crippen LogP contribution in [0.15, 0.2) is 22.7 Å². The van der Waals surface area contributed by atoms with Crippen molar-refractivity contribution < 1.29 is 4.39 Å². The van der Waals surface area contributed by atoms with Crippen molar-refractivity contribution in [2.75, 3.05) is 0 Å². The molecule has 1 aromatic carbocycles. The molecule has 0 saturated carbocycles. The first kappa shape index (κ1) is 8.95. The zero-order chi connectivity index (χ0) is 9.42. The van der Waals surface area contributed by atoms with Crippen molar-refractivity contribution in [1.29, 1.82) is 0 Å². The van der Waals surface area contributed by atoms with E-state index in [4.69, 9.17) is 0 Å². The molecule has 0 heterocycles. The molecule has 0 spiro atoms. The highest BCUT2D eigenvalue weighted by atomic mass is 79.9. The Bertz CT molecular complexity index is 380. The van der Waals surface area contributed by atoms with Gasteiger partial charge >= 0.3 is 0 Å². The molecule has 2 rings (SSSR count). The molecule has 0 fully saturated rings. The zero-order valence-electron chi connectivity index (χ0n) is 7.40. The van der Waals surface area contributed by atoms with E-state index in [2.05, 4.69) is 28.9 Å². The van der Waals surface area contributed by atoms with Crippen LogP contribution in [0.3, 0.4) is 0 Å². The summed E-state index contributed by atoms with van der Waals surface area (Å²) in [6.45, 7) is 2.07. The fourth-order valence-corrected chi connectivity index (χ4v) is 2.06. The highest BCUT2D eigenvalue weighted by Gasteiger charge is 2.12. The van der Waals surface area contributed by atoms with E-state index < -0.39 is 0 Å². The predicted octanol–water partition coefficient (Wildman–Crippen LogP) is 3.94. The van der Waals surface area contributed by atoms with Gasteiger partial charge in [0.05, 0.1) is 4.47 Å². The van der Waals surface area contributed by atoms with Crippen molar-refractivity contribution in [3.63, 3.8) is 0 Å². The van der Waals surface area contributed by atoms with Crippen LogP contribution in [0.1, 0.15) is 24.5 Å². The first-order valence-corrected chi connectivity index (χ1v) is 5.13. The molecule has 0 amide bonds. The minimum absolute atomic E-state index is 0.159. The minimum Gasteiger partial charge on any atom is -0.206 e. The van der Waals surface area contributed by atoms with Gasteiger partial charge in [-0.15, -0.1) is 0 Å². The number of benzene rings is 1. The summed E-state index contributed by atoms with van der Waals surface area (Å²) in [5.74, 6) is -0.159. The number of halogens is 2. The molecule has 0 aliphatic heterocycles. The normalized spacial score (nSPS) is 15.2. The fourth-order valence-electron chi connectivity index (χ4n) is 1.72. The summed E-state index contributed by atoms with van der Waals surface area (Å²) >= 11 is 3.20. The average Bonchev–Trinajstić information content (AvgIpc) is 2.09. The van der Waals surface area contributed by atoms with Gasteiger partial charge in [-0.05, 0) is 64.5 Å². The number of allylic oxidation sites excluding steroid dienone is 2. The average molecular weight is 241 g/mol. The van der Waals surface area contributed by atoms with E-state index in [1.54, 1.807) is 6.07 Å². The standard InChI is InChI=1S/C11H10BrF/c1-7-3-2-4-8-5-11(13)10(12)6-9(7)8/h3,5-6H,2,4H2,1H3. The molecule has 68 valence electrons. The molecule has 0 N–H and O–H groups in total. The Morgan fingerprint density at radius 1 is 1.38 bits per heavy atom. The molecule has 1 aliphatic carbocycles. The van der Waals surface area contributed by atoms with Crippen LogP contribution in [0.5, 0.6) is 0 Å². The summed E-state index contributed by atoms with van der Waals surface area (Å²) in [4.78, 5) is 0. The van der Waals surface area contributed by atoms with Gasteiger partial charge in [-0.25, -0.2) is 4.39 Å². The number of hydrogen-bond donors (Lipinski definition) is 0. The topological polar surface area (TPSA) is 0 Å². The first-order chi connectivity index (χ1) is 6.18. The molecular formula is C11H10BrF. The predicted molar refractivity (Wildman–Crippen MR) is 56.1 cm³/mol. The first-order valence-electron chi connectivity index (χ1n) is 4.33. The van der Waals surface area contributed by atoms with Crippen molar-refractivity contribution in [3.05, 3.63) is 39.6 Å². The third-order valence-electron chi connectivity index (χ3n) is 2.44. The largest absolute Gasteiger partial charge is 0.206 e. The molecule has 13 heavy (non-hydrogen) atoms. The van der Waals surface area contributed by atoms with Crippen molar-refractivity contribution in [3.8, 4) is 0 Å². The monoisotopic (exact) mass is 240 g/mol. The van der Waals surface area contributed by atoms with Crippen LogP contribution in [0.4, 0.5) is 4.39 Å². The fraction of sp³-hybridized carbons (Fsp3) is 0.273. The van der Waals surface area contributed by atoms with E-state index in [1.807, 2.05) is 6.07 Å². The quantitative estimate of drug-likeness (QED) is 0.645. The van der Waals surface area contributed by atoms with Gasteiger partial charge in [-0.2, -0.15) is 0 Å². The summed E-state index contributed by atoms with van der Waals surface area (Å²) in [7, 11) is 0. The maximum atomic E-state index is 13.2. The highest BCUT2D eigenvalue weighted by molar-refractivity contribution is 9.10. The van der Waals surface area contributed by atoms with Crippen LogP contribution in [0.25, 0.3) is 5.57 Å². The molecule has 0 unspecified atom stereocenters. The Hall–Kier alpha value is -0.630. The third-order valence-corrected chi connectivity index (χ3v) is 3.04. The molecule has 2 heteroatoms. The van der Waals surface area contributed by atoms with E-state index in [0.717, 1.165) is 18.4 Å². The lowest BCUT2D eigenvalue weighted by atomic mass is 9.92.